The summed E-state index contributed by atoms with van der Waals surface area (Å²) in [6.07, 6.45) is 0. The minimum absolute atomic E-state index is 0.199. The van der Waals surface area contributed by atoms with Crippen molar-refractivity contribution in [3.05, 3.63) is 63.2 Å². The lowest BCUT2D eigenvalue weighted by molar-refractivity contribution is 0.0954. The van der Waals surface area contributed by atoms with Crippen molar-refractivity contribution in [3.8, 4) is 5.75 Å². The molecule has 102 valence electrons. The van der Waals surface area contributed by atoms with Gasteiger partial charge in [-0.2, -0.15) is 5.10 Å². The number of amides is 1. The minimum Gasteiger partial charge on any atom is -0.508 e. The molecule has 2 aromatic carbocycles. The van der Waals surface area contributed by atoms with E-state index >= 15 is 0 Å². The fourth-order valence-corrected chi connectivity index (χ4v) is 2.24. The monoisotopic (exact) mass is 380 g/mol. The Balaban J connectivity index is 2.11. The van der Waals surface area contributed by atoms with E-state index in [4.69, 9.17) is 0 Å². The number of phenolic OH excluding ortho intramolecular Hbond substituents is 1. The van der Waals surface area contributed by atoms with E-state index in [2.05, 4.69) is 33.1 Å². The number of benzene rings is 2. The zero-order chi connectivity index (χ0) is 14.5. The molecule has 0 aliphatic heterocycles. The number of nitrogens with one attached hydrogen (secondary N) is 1. The van der Waals surface area contributed by atoms with Gasteiger partial charge in [-0.1, -0.05) is 12.1 Å². The molecule has 2 rings (SSSR count). The summed E-state index contributed by atoms with van der Waals surface area (Å²) >= 11 is 2.11. The van der Waals surface area contributed by atoms with Gasteiger partial charge in [-0.25, -0.2) is 5.43 Å². The Morgan fingerprint density at radius 2 is 1.80 bits per heavy atom. The molecule has 0 saturated carbocycles. The van der Waals surface area contributed by atoms with E-state index in [1.54, 1.807) is 37.3 Å². The SMILES string of the molecule is C/C(=N/NC(=O)c1ccccc1I)c1ccc(O)cc1. The first-order chi connectivity index (χ1) is 9.58. The first-order valence-electron chi connectivity index (χ1n) is 5.96. The minimum atomic E-state index is -0.242. The van der Waals surface area contributed by atoms with E-state index in [1.807, 2.05) is 18.2 Å². The molecule has 2 N–H and O–H groups in total. The van der Waals surface area contributed by atoms with Gasteiger partial charge < -0.3 is 5.11 Å². The van der Waals surface area contributed by atoms with Crippen molar-refractivity contribution in [2.24, 2.45) is 5.10 Å². The summed E-state index contributed by atoms with van der Waals surface area (Å²) in [5.74, 6) is -0.0439. The van der Waals surface area contributed by atoms with Crippen LogP contribution >= 0.6 is 22.6 Å². The van der Waals surface area contributed by atoms with Crippen molar-refractivity contribution < 1.29 is 9.90 Å². The molecular formula is C15H13IN2O2. The van der Waals surface area contributed by atoms with Crippen LogP contribution in [0.25, 0.3) is 0 Å². The second-order valence-electron chi connectivity index (χ2n) is 4.16. The molecule has 0 aliphatic rings. The van der Waals surface area contributed by atoms with Gasteiger partial charge in [0.1, 0.15) is 5.75 Å². The maximum Gasteiger partial charge on any atom is 0.272 e. The molecule has 0 bridgehead atoms. The maximum atomic E-state index is 12.0. The molecule has 0 aliphatic carbocycles. The average Bonchev–Trinajstić information content (AvgIpc) is 2.45. The predicted octanol–water partition coefficient (Wildman–Crippen LogP) is 3.15. The third kappa shape index (κ3) is 3.57. The van der Waals surface area contributed by atoms with Crippen LogP contribution in [0.4, 0.5) is 0 Å². The Morgan fingerprint density at radius 1 is 1.15 bits per heavy atom. The third-order valence-electron chi connectivity index (χ3n) is 2.73. The third-order valence-corrected chi connectivity index (χ3v) is 3.67. The highest BCUT2D eigenvalue weighted by Gasteiger charge is 2.08. The standard InChI is InChI=1S/C15H13IN2O2/c1-10(11-6-8-12(19)9-7-11)17-18-15(20)13-4-2-3-5-14(13)16/h2-9,19H,1H3,(H,18,20)/b17-10-. The molecule has 1 amide bonds. The van der Waals surface area contributed by atoms with Crippen LogP contribution in [0.2, 0.25) is 0 Å². The number of halogens is 1. The highest BCUT2D eigenvalue weighted by molar-refractivity contribution is 14.1. The molecule has 0 unspecified atom stereocenters. The quantitative estimate of drug-likeness (QED) is 0.488. The van der Waals surface area contributed by atoms with Crippen molar-refractivity contribution in [1.82, 2.24) is 5.43 Å². The highest BCUT2D eigenvalue weighted by Crippen LogP contribution is 2.12. The van der Waals surface area contributed by atoms with Gasteiger partial charge in [0.15, 0.2) is 0 Å². The summed E-state index contributed by atoms with van der Waals surface area (Å²) in [7, 11) is 0. The lowest BCUT2D eigenvalue weighted by Crippen LogP contribution is -2.20. The van der Waals surface area contributed by atoms with Crippen LogP contribution in [-0.4, -0.2) is 16.7 Å². The van der Waals surface area contributed by atoms with Gasteiger partial charge in [-0.3, -0.25) is 4.79 Å². The lowest BCUT2D eigenvalue weighted by Gasteiger charge is -2.04. The molecule has 2 aromatic rings. The van der Waals surface area contributed by atoms with E-state index in [9.17, 15) is 9.90 Å². The first kappa shape index (κ1) is 14.5. The van der Waals surface area contributed by atoms with Crippen molar-refractivity contribution in [1.29, 1.82) is 0 Å². The zero-order valence-corrected chi connectivity index (χ0v) is 13.0. The molecule has 0 heterocycles. The summed E-state index contributed by atoms with van der Waals surface area (Å²) in [5.41, 5.74) is 4.64. The van der Waals surface area contributed by atoms with E-state index in [0.717, 1.165) is 9.13 Å². The Bertz CT molecular complexity index is 651. The molecule has 0 aromatic heterocycles. The lowest BCUT2D eigenvalue weighted by atomic mass is 10.1. The van der Waals surface area contributed by atoms with Crippen molar-refractivity contribution in [2.75, 3.05) is 0 Å². The number of phenols is 1. The van der Waals surface area contributed by atoms with Gasteiger partial charge in [0.25, 0.3) is 5.91 Å². The number of hydrogen-bond donors (Lipinski definition) is 2. The molecular weight excluding hydrogens is 367 g/mol. The number of nitrogens with zero attached hydrogens (tertiary/aromatic N) is 1. The van der Waals surface area contributed by atoms with Crippen molar-refractivity contribution in [3.63, 3.8) is 0 Å². The number of hydrogen-bond acceptors (Lipinski definition) is 3. The molecule has 0 saturated heterocycles. The fourth-order valence-electron chi connectivity index (χ4n) is 1.61. The second kappa shape index (κ2) is 6.51. The Morgan fingerprint density at radius 3 is 2.45 bits per heavy atom. The normalized spacial score (nSPS) is 11.2. The van der Waals surface area contributed by atoms with Crippen LogP contribution in [0.1, 0.15) is 22.8 Å². The second-order valence-corrected chi connectivity index (χ2v) is 5.33. The largest absolute Gasteiger partial charge is 0.508 e. The molecule has 4 nitrogen and oxygen atoms in total. The predicted molar refractivity (Wildman–Crippen MR) is 86.9 cm³/mol. The average molecular weight is 380 g/mol. The molecule has 5 heteroatoms. The summed E-state index contributed by atoms with van der Waals surface area (Å²) in [4.78, 5) is 12.0. The number of carbonyl (C=O) groups excluding carboxylic acids is 1. The summed E-state index contributed by atoms with van der Waals surface area (Å²) < 4.78 is 0.875. The van der Waals surface area contributed by atoms with Crippen LogP contribution in [0.5, 0.6) is 5.75 Å². The highest BCUT2D eigenvalue weighted by atomic mass is 127. The molecule has 0 atom stereocenters. The van der Waals surface area contributed by atoms with E-state index in [0.29, 0.717) is 11.3 Å². The van der Waals surface area contributed by atoms with Crippen LogP contribution in [-0.2, 0) is 0 Å². The Labute approximate surface area is 130 Å². The Kier molecular flexibility index (Phi) is 4.73. The van der Waals surface area contributed by atoms with Crippen LogP contribution in [0.15, 0.2) is 53.6 Å². The number of carbonyl (C=O) groups is 1. The molecule has 0 radical (unpaired) electrons. The topological polar surface area (TPSA) is 61.7 Å². The number of aromatic hydroxyl groups is 1. The van der Waals surface area contributed by atoms with Crippen molar-refractivity contribution >= 4 is 34.2 Å². The van der Waals surface area contributed by atoms with Crippen LogP contribution < -0.4 is 5.43 Å². The van der Waals surface area contributed by atoms with Crippen LogP contribution in [0.3, 0.4) is 0 Å². The summed E-state index contributed by atoms with van der Waals surface area (Å²) in [6, 6.07) is 14.0. The van der Waals surface area contributed by atoms with Gasteiger partial charge in [-0.15, -0.1) is 0 Å². The fraction of sp³-hybridized carbons (Fsp3) is 0.0667. The van der Waals surface area contributed by atoms with Gasteiger partial charge in [-0.05, 0) is 71.5 Å². The first-order valence-corrected chi connectivity index (χ1v) is 7.04. The van der Waals surface area contributed by atoms with E-state index < -0.39 is 0 Å². The summed E-state index contributed by atoms with van der Waals surface area (Å²) in [6.45, 7) is 1.79. The summed E-state index contributed by atoms with van der Waals surface area (Å²) in [5, 5.41) is 13.3. The van der Waals surface area contributed by atoms with Gasteiger partial charge in [0, 0.05) is 3.57 Å². The molecule has 20 heavy (non-hydrogen) atoms. The number of rotatable bonds is 3. The van der Waals surface area contributed by atoms with Gasteiger partial charge >= 0.3 is 0 Å². The van der Waals surface area contributed by atoms with E-state index in [1.165, 1.54) is 0 Å². The van der Waals surface area contributed by atoms with Crippen LogP contribution in [0, 0.1) is 3.57 Å². The molecule has 0 spiro atoms. The maximum absolute atomic E-state index is 12.0. The zero-order valence-electron chi connectivity index (χ0n) is 10.8. The van der Waals surface area contributed by atoms with Gasteiger partial charge in [0.2, 0.25) is 0 Å². The molecule has 0 fully saturated rings. The smallest absolute Gasteiger partial charge is 0.272 e. The van der Waals surface area contributed by atoms with Crippen molar-refractivity contribution in [2.45, 2.75) is 6.92 Å². The number of hydrazone groups is 1. The van der Waals surface area contributed by atoms with E-state index in [-0.39, 0.29) is 11.7 Å². The Hall–Kier alpha value is -1.89. The van der Waals surface area contributed by atoms with Gasteiger partial charge in [0.05, 0.1) is 11.3 Å².